The van der Waals surface area contributed by atoms with E-state index in [-0.39, 0.29) is 0 Å². The molecule has 90 valence electrons. The third-order valence-electron chi connectivity index (χ3n) is 2.61. The lowest BCUT2D eigenvalue weighted by Gasteiger charge is -2.07. The summed E-state index contributed by atoms with van der Waals surface area (Å²) < 4.78 is 5.74. The summed E-state index contributed by atoms with van der Waals surface area (Å²) in [5.74, 6) is 1.56. The normalized spacial score (nSPS) is 9.83. The van der Waals surface area contributed by atoms with Crippen molar-refractivity contribution in [2.75, 3.05) is 6.26 Å². The van der Waals surface area contributed by atoms with Gasteiger partial charge in [-0.3, -0.25) is 0 Å². The Morgan fingerprint density at radius 2 is 1.72 bits per heavy atom. The summed E-state index contributed by atoms with van der Waals surface area (Å²) in [7, 11) is 0. The van der Waals surface area contributed by atoms with Crippen molar-refractivity contribution in [3.05, 3.63) is 53.6 Å². The fraction of sp³-hybridized carbons (Fsp3) is 0.133. The molecule has 0 saturated heterocycles. The van der Waals surface area contributed by atoms with Gasteiger partial charge in [-0.2, -0.15) is 5.26 Å². The molecule has 0 atom stereocenters. The maximum atomic E-state index is 8.86. The molecule has 2 aromatic carbocycles. The van der Waals surface area contributed by atoms with Gasteiger partial charge in [-0.1, -0.05) is 0 Å². The number of ether oxygens (including phenoxy) is 1. The topological polar surface area (TPSA) is 33.0 Å². The average molecular weight is 255 g/mol. The van der Waals surface area contributed by atoms with Crippen LogP contribution in [0.1, 0.15) is 11.1 Å². The quantitative estimate of drug-likeness (QED) is 0.763. The monoisotopic (exact) mass is 255 g/mol. The summed E-state index contributed by atoms with van der Waals surface area (Å²) in [4.78, 5) is 1.21. The Labute approximate surface area is 111 Å². The predicted molar refractivity (Wildman–Crippen MR) is 74.2 cm³/mol. The molecule has 2 rings (SSSR count). The number of nitriles is 1. The minimum atomic E-state index is 0.681. The Morgan fingerprint density at radius 1 is 1.06 bits per heavy atom. The lowest BCUT2D eigenvalue weighted by atomic mass is 10.1. The second kappa shape index (κ2) is 5.61. The molecule has 0 aliphatic rings. The van der Waals surface area contributed by atoms with E-state index in [1.807, 2.05) is 49.6 Å². The molecular weight excluding hydrogens is 242 g/mol. The molecule has 0 N–H and O–H groups in total. The molecule has 0 aliphatic carbocycles. The second-order valence-corrected chi connectivity index (χ2v) is 4.75. The minimum Gasteiger partial charge on any atom is -0.457 e. The van der Waals surface area contributed by atoms with Crippen LogP contribution in [0.4, 0.5) is 0 Å². The summed E-state index contributed by atoms with van der Waals surface area (Å²) in [5.41, 5.74) is 1.61. The van der Waals surface area contributed by atoms with E-state index in [0.717, 1.165) is 17.1 Å². The van der Waals surface area contributed by atoms with Crippen LogP contribution in [0.3, 0.4) is 0 Å². The Kier molecular flexibility index (Phi) is 3.91. The zero-order valence-electron chi connectivity index (χ0n) is 10.3. The zero-order valence-corrected chi connectivity index (χ0v) is 11.1. The number of aryl methyl sites for hydroxylation is 1. The first-order chi connectivity index (χ1) is 8.72. The lowest BCUT2D eigenvalue weighted by Crippen LogP contribution is -1.87. The molecule has 3 heteroatoms. The van der Waals surface area contributed by atoms with Crippen molar-refractivity contribution in [3.8, 4) is 17.6 Å². The molecule has 0 aromatic heterocycles. The van der Waals surface area contributed by atoms with Gasteiger partial charge in [0.25, 0.3) is 0 Å². The maximum absolute atomic E-state index is 8.86. The summed E-state index contributed by atoms with van der Waals surface area (Å²) in [6, 6.07) is 15.5. The van der Waals surface area contributed by atoms with Crippen LogP contribution < -0.4 is 4.74 Å². The Bertz CT molecular complexity index is 584. The summed E-state index contributed by atoms with van der Waals surface area (Å²) >= 11 is 1.70. The third-order valence-corrected chi connectivity index (χ3v) is 3.36. The molecule has 0 saturated carbocycles. The van der Waals surface area contributed by atoms with E-state index >= 15 is 0 Å². The smallest absolute Gasteiger partial charge is 0.127 e. The first kappa shape index (κ1) is 12.5. The van der Waals surface area contributed by atoms with Gasteiger partial charge in [-0.25, -0.2) is 0 Å². The molecular formula is C15H13NOS. The highest BCUT2D eigenvalue weighted by Crippen LogP contribution is 2.25. The number of hydrogen-bond acceptors (Lipinski definition) is 3. The molecule has 0 radical (unpaired) electrons. The van der Waals surface area contributed by atoms with Crippen molar-refractivity contribution in [1.29, 1.82) is 5.26 Å². The predicted octanol–water partition coefficient (Wildman–Crippen LogP) is 4.38. The number of hydrogen-bond donors (Lipinski definition) is 0. The van der Waals surface area contributed by atoms with Gasteiger partial charge in [-0.05, 0) is 61.2 Å². The molecule has 0 aliphatic heterocycles. The van der Waals surface area contributed by atoms with Gasteiger partial charge in [0.2, 0.25) is 0 Å². The Hall–Kier alpha value is -1.92. The van der Waals surface area contributed by atoms with Crippen LogP contribution in [0.15, 0.2) is 47.4 Å². The van der Waals surface area contributed by atoms with E-state index in [2.05, 4.69) is 6.07 Å². The van der Waals surface area contributed by atoms with Crippen LogP contribution in [-0.2, 0) is 0 Å². The Balaban J connectivity index is 2.18. The van der Waals surface area contributed by atoms with Gasteiger partial charge in [0.1, 0.15) is 11.5 Å². The molecule has 0 unspecified atom stereocenters. The second-order valence-electron chi connectivity index (χ2n) is 3.87. The van der Waals surface area contributed by atoms with Gasteiger partial charge in [0.15, 0.2) is 0 Å². The summed E-state index contributed by atoms with van der Waals surface area (Å²) in [6.45, 7) is 1.90. The van der Waals surface area contributed by atoms with Crippen molar-refractivity contribution in [3.63, 3.8) is 0 Å². The van der Waals surface area contributed by atoms with E-state index in [1.165, 1.54) is 4.90 Å². The van der Waals surface area contributed by atoms with E-state index in [0.29, 0.717) is 5.56 Å². The van der Waals surface area contributed by atoms with Crippen LogP contribution in [0.2, 0.25) is 0 Å². The first-order valence-corrected chi connectivity index (χ1v) is 6.78. The van der Waals surface area contributed by atoms with E-state index < -0.39 is 0 Å². The summed E-state index contributed by atoms with van der Waals surface area (Å²) in [5, 5.41) is 8.86. The molecule has 18 heavy (non-hydrogen) atoms. The third kappa shape index (κ3) is 2.85. The van der Waals surface area contributed by atoms with Gasteiger partial charge < -0.3 is 4.74 Å². The highest BCUT2D eigenvalue weighted by molar-refractivity contribution is 7.98. The SMILES string of the molecule is CSc1ccc(Oc2ccc(C#N)c(C)c2)cc1. The minimum absolute atomic E-state index is 0.681. The van der Waals surface area contributed by atoms with Gasteiger partial charge in [-0.15, -0.1) is 11.8 Å². The average Bonchev–Trinajstić information content (AvgIpc) is 2.40. The van der Waals surface area contributed by atoms with Crippen LogP contribution >= 0.6 is 11.8 Å². The van der Waals surface area contributed by atoms with E-state index in [9.17, 15) is 0 Å². The van der Waals surface area contributed by atoms with E-state index in [4.69, 9.17) is 10.00 Å². The molecule has 0 fully saturated rings. The Morgan fingerprint density at radius 3 is 2.28 bits per heavy atom. The highest BCUT2D eigenvalue weighted by atomic mass is 32.2. The fourth-order valence-corrected chi connectivity index (χ4v) is 2.01. The van der Waals surface area contributed by atoms with Crippen molar-refractivity contribution >= 4 is 11.8 Å². The largest absolute Gasteiger partial charge is 0.457 e. The highest BCUT2D eigenvalue weighted by Gasteiger charge is 2.01. The maximum Gasteiger partial charge on any atom is 0.127 e. The van der Waals surface area contributed by atoms with Crippen LogP contribution in [-0.4, -0.2) is 6.26 Å². The molecule has 0 heterocycles. The van der Waals surface area contributed by atoms with Crippen molar-refractivity contribution < 1.29 is 4.74 Å². The van der Waals surface area contributed by atoms with Gasteiger partial charge >= 0.3 is 0 Å². The van der Waals surface area contributed by atoms with E-state index in [1.54, 1.807) is 17.8 Å². The summed E-state index contributed by atoms with van der Waals surface area (Å²) in [6.07, 6.45) is 2.04. The van der Waals surface area contributed by atoms with Gasteiger partial charge in [0, 0.05) is 4.90 Å². The van der Waals surface area contributed by atoms with Crippen molar-refractivity contribution in [2.45, 2.75) is 11.8 Å². The van der Waals surface area contributed by atoms with Crippen LogP contribution in [0.5, 0.6) is 11.5 Å². The number of nitrogens with zero attached hydrogens (tertiary/aromatic N) is 1. The first-order valence-electron chi connectivity index (χ1n) is 5.55. The molecule has 2 nitrogen and oxygen atoms in total. The fourth-order valence-electron chi connectivity index (χ4n) is 1.60. The molecule has 2 aromatic rings. The van der Waals surface area contributed by atoms with Gasteiger partial charge in [0.05, 0.1) is 11.6 Å². The lowest BCUT2D eigenvalue weighted by molar-refractivity contribution is 0.482. The molecule has 0 spiro atoms. The van der Waals surface area contributed by atoms with Crippen LogP contribution in [0.25, 0.3) is 0 Å². The van der Waals surface area contributed by atoms with Crippen LogP contribution in [0, 0.1) is 18.3 Å². The standard InChI is InChI=1S/C15H13NOS/c1-11-9-14(4-3-12(11)10-16)17-13-5-7-15(18-2)8-6-13/h3-9H,1-2H3. The molecule has 0 bridgehead atoms. The zero-order chi connectivity index (χ0) is 13.0. The number of thioether (sulfide) groups is 1. The van der Waals surface area contributed by atoms with Crippen molar-refractivity contribution in [1.82, 2.24) is 0 Å². The van der Waals surface area contributed by atoms with Crippen molar-refractivity contribution in [2.24, 2.45) is 0 Å². The molecule has 0 amide bonds. The number of benzene rings is 2. The number of rotatable bonds is 3.